The minimum Gasteiger partial charge on any atom is -0.359 e. The molecule has 0 bridgehead atoms. The first-order chi connectivity index (χ1) is 6.90. The van der Waals surface area contributed by atoms with E-state index in [9.17, 15) is 0 Å². The fourth-order valence-corrected chi connectivity index (χ4v) is 2.32. The SMILES string of the molecule is C[Si](C)(C)CCOCn1ncc(Br)c1Br. The van der Waals surface area contributed by atoms with Crippen LogP contribution >= 0.6 is 31.9 Å². The van der Waals surface area contributed by atoms with E-state index in [0.717, 1.165) is 15.7 Å². The van der Waals surface area contributed by atoms with E-state index >= 15 is 0 Å². The van der Waals surface area contributed by atoms with Crippen LogP contribution in [0.2, 0.25) is 25.7 Å². The van der Waals surface area contributed by atoms with Crippen molar-refractivity contribution in [3.05, 3.63) is 15.3 Å². The second kappa shape index (κ2) is 5.61. The van der Waals surface area contributed by atoms with Gasteiger partial charge in [-0.25, -0.2) is 4.68 Å². The van der Waals surface area contributed by atoms with Gasteiger partial charge < -0.3 is 4.74 Å². The Hall–Kier alpha value is 0.347. The molecule has 0 amide bonds. The first-order valence-corrected chi connectivity index (χ1v) is 10.1. The van der Waals surface area contributed by atoms with Gasteiger partial charge in [0, 0.05) is 14.7 Å². The Kier molecular flexibility index (Phi) is 5.01. The van der Waals surface area contributed by atoms with Gasteiger partial charge >= 0.3 is 0 Å². The van der Waals surface area contributed by atoms with Gasteiger partial charge in [0.15, 0.2) is 0 Å². The van der Waals surface area contributed by atoms with Crippen molar-refractivity contribution in [1.29, 1.82) is 0 Å². The summed E-state index contributed by atoms with van der Waals surface area (Å²) in [6, 6.07) is 1.19. The molecule has 86 valence electrons. The van der Waals surface area contributed by atoms with E-state index in [4.69, 9.17) is 4.74 Å². The molecule has 1 aromatic heterocycles. The summed E-state index contributed by atoms with van der Waals surface area (Å²) in [5.74, 6) is 0. The first kappa shape index (κ1) is 13.4. The van der Waals surface area contributed by atoms with Crippen molar-refractivity contribution in [2.75, 3.05) is 6.61 Å². The molecule has 0 aliphatic rings. The van der Waals surface area contributed by atoms with Crippen molar-refractivity contribution in [3.63, 3.8) is 0 Å². The van der Waals surface area contributed by atoms with E-state index in [-0.39, 0.29) is 0 Å². The predicted octanol–water partition coefficient (Wildman–Crippen LogP) is 3.72. The molecule has 1 aromatic rings. The normalized spacial score (nSPS) is 12.1. The van der Waals surface area contributed by atoms with Gasteiger partial charge in [0.25, 0.3) is 0 Å². The molecule has 6 heteroatoms. The molecule has 0 atom stereocenters. The van der Waals surface area contributed by atoms with E-state index in [1.807, 2.05) is 0 Å². The van der Waals surface area contributed by atoms with E-state index in [2.05, 4.69) is 56.6 Å². The molecule has 15 heavy (non-hydrogen) atoms. The number of ether oxygens (including phenoxy) is 1. The van der Waals surface area contributed by atoms with Gasteiger partial charge in [-0.05, 0) is 37.9 Å². The summed E-state index contributed by atoms with van der Waals surface area (Å²) in [5.41, 5.74) is 0. The Morgan fingerprint density at radius 2 is 2.07 bits per heavy atom. The van der Waals surface area contributed by atoms with Crippen molar-refractivity contribution in [3.8, 4) is 0 Å². The number of aromatic nitrogens is 2. The second-order valence-electron chi connectivity index (χ2n) is 4.63. The molecule has 0 radical (unpaired) electrons. The van der Waals surface area contributed by atoms with E-state index < -0.39 is 8.07 Å². The monoisotopic (exact) mass is 354 g/mol. The van der Waals surface area contributed by atoms with Crippen molar-refractivity contribution >= 4 is 39.9 Å². The number of hydrogen-bond donors (Lipinski definition) is 0. The third-order valence-electron chi connectivity index (χ3n) is 1.94. The summed E-state index contributed by atoms with van der Waals surface area (Å²) in [5, 5.41) is 4.16. The summed E-state index contributed by atoms with van der Waals surface area (Å²) in [6.07, 6.45) is 1.76. The number of halogens is 2. The maximum Gasteiger partial charge on any atom is 0.140 e. The van der Waals surface area contributed by atoms with Gasteiger partial charge in [-0.15, -0.1) is 0 Å². The van der Waals surface area contributed by atoms with Crippen molar-refractivity contribution in [2.45, 2.75) is 32.4 Å². The Morgan fingerprint density at radius 1 is 1.40 bits per heavy atom. The number of hydrogen-bond acceptors (Lipinski definition) is 2. The van der Waals surface area contributed by atoms with Crippen LogP contribution in [0, 0.1) is 0 Å². The lowest BCUT2D eigenvalue weighted by Crippen LogP contribution is -2.22. The summed E-state index contributed by atoms with van der Waals surface area (Å²) < 4.78 is 9.24. The van der Waals surface area contributed by atoms with Gasteiger partial charge in [0.05, 0.1) is 10.7 Å². The average Bonchev–Trinajstić information content (AvgIpc) is 2.42. The molecule has 0 aliphatic heterocycles. The van der Waals surface area contributed by atoms with Crippen LogP contribution in [0.25, 0.3) is 0 Å². The van der Waals surface area contributed by atoms with Crippen LogP contribution in [0.15, 0.2) is 15.3 Å². The predicted molar refractivity (Wildman–Crippen MR) is 71.7 cm³/mol. The zero-order valence-electron chi connectivity index (χ0n) is 9.26. The molecule has 0 aliphatic carbocycles. The highest BCUT2D eigenvalue weighted by molar-refractivity contribution is 9.13. The lowest BCUT2D eigenvalue weighted by Gasteiger charge is -2.15. The maximum atomic E-state index is 5.57. The van der Waals surface area contributed by atoms with Gasteiger partial charge in [-0.3, -0.25) is 0 Å². The quantitative estimate of drug-likeness (QED) is 0.594. The third kappa shape index (κ3) is 4.80. The lowest BCUT2D eigenvalue weighted by molar-refractivity contribution is 0.0769. The van der Waals surface area contributed by atoms with Gasteiger partial charge in [-0.2, -0.15) is 5.10 Å². The molecule has 1 heterocycles. The maximum absolute atomic E-state index is 5.57. The van der Waals surface area contributed by atoms with Crippen LogP contribution in [0.1, 0.15) is 0 Å². The second-order valence-corrected chi connectivity index (χ2v) is 11.9. The Bertz CT molecular complexity index is 322. The van der Waals surface area contributed by atoms with E-state index in [1.54, 1.807) is 10.9 Å². The minimum atomic E-state index is -0.979. The molecule has 0 saturated heterocycles. The van der Waals surface area contributed by atoms with Gasteiger partial charge in [0.2, 0.25) is 0 Å². The van der Waals surface area contributed by atoms with Crippen LogP contribution in [-0.2, 0) is 11.5 Å². The molecular formula is C9H16Br2N2OSi. The minimum absolute atomic E-state index is 0.511. The van der Waals surface area contributed by atoms with Gasteiger partial charge in [0.1, 0.15) is 11.3 Å². The molecule has 0 fully saturated rings. The molecule has 0 unspecified atom stereocenters. The van der Waals surface area contributed by atoms with E-state index in [1.165, 1.54) is 6.04 Å². The average molecular weight is 356 g/mol. The van der Waals surface area contributed by atoms with Crippen LogP contribution in [0.3, 0.4) is 0 Å². The largest absolute Gasteiger partial charge is 0.359 e. The Balaban J connectivity index is 2.30. The molecular weight excluding hydrogens is 340 g/mol. The van der Waals surface area contributed by atoms with Crippen LogP contribution in [0.5, 0.6) is 0 Å². The van der Waals surface area contributed by atoms with Crippen molar-refractivity contribution in [1.82, 2.24) is 9.78 Å². The highest BCUT2D eigenvalue weighted by Crippen LogP contribution is 2.21. The highest BCUT2D eigenvalue weighted by Gasteiger charge is 2.12. The van der Waals surface area contributed by atoms with Crippen molar-refractivity contribution < 1.29 is 4.74 Å². The lowest BCUT2D eigenvalue weighted by atomic mass is 10.7. The zero-order chi connectivity index (χ0) is 11.5. The summed E-state index contributed by atoms with van der Waals surface area (Å²) in [7, 11) is -0.979. The number of rotatable bonds is 5. The molecule has 0 spiro atoms. The first-order valence-electron chi connectivity index (χ1n) is 4.85. The summed E-state index contributed by atoms with van der Waals surface area (Å²) in [6.45, 7) is 8.36. The molecule has 0 N–H and O–H groups in total. The highest BCUT2D eigenvalue weighted by atomic mass is 79.9. The zero-order valence-corrected chi connectivity index (χ0v) is 13.4. The fraction of sp³-hybridized carbons (Fsp3) is 0.667. The molecule has 3 nitrogen and oxygen atoms in total. The Morgan fingerprint density at radius 3 is 2.53 bits per heavy atom. The summed E-state index contributed by atoms with van der Waals surface area (Å²) >= 11 is 6.80. The van der Waals surface area contributed by atoms with Gasteiger partial charge in [-0.1, -0.05) is 19.6 Å². The van der Waals surface area contributed by atoms with Crippen molar-refractivity contribution in [2.24, 2.45) is 0 Å². The van der Waals surface area contributed by atoms with Crippen LogP contribution < -0.4 is 0 Å². The van der Waals surface area contributed by atoms with Crippen LogP contribution in [-0.4, -0.2) is 24.5 Å². The molecule has 1 rings (SSSR count). The summed E-state index contributed by atoms with van der Waals surface area (Å²) in [4.78, 5) is 0. The topological polar surface area (TPSA) is 27.1 Å². The smallest absolute Gasteiger partial charge is 0.140 e. The fourth-order valence-electron chi connectivity index (χ4n) is 0.967. The number of nitrogens with zero attached hydrogens (tertiary/aromatic N) is 2. The molecule has 0 saturated carbocycles. The third-order valence-corrected chi connectivity index (χ3v) is 5.60. The standard InChI is InChI=1S/C9H16Br2N2OSi/c1-15(2,3)5-4-14-7-13-9(11)8(10)6-12-13/h6H,4-5,7H2,1-3H3. The Labute approximate surface area is 108 Å². The molecule has 0 aromatic carbocycles. The van der Waals surface area contributed by atoms with E-state index in [0.29, 0.717) is 6.73 Å². The van der Waals surface area contributed by atoms with Crippen LogP contribution in [0.4, 0.5) is 0 Å².